The zero-order valence-electron chi connectivity index (χ0n) is 8.12. The number of alkyl halides is 2. The highest BCUT2D eigenvalue weighted by Gasteiger charge is 2.11. The average Bonchev–Trinajstić information content (AvgIpc) is 2.69. The zero-order valence-corrected chi connectivity index (χ0v) is 8.12. The van der Waals surface area contributed by atoms with Gasteiger partial charge < -0.3 is 0 Å². The number of imidazole rings is 1. The van der Waals surface area contributed by atoms with Crippen LogP contribution in [0.5, 0.6) is 0 Å². The van der Waals surface area contributed by atoms with E-state index in [9.17, 15) is 13.6 Å². The van der Waals surface area contributed by atoms with E-state index in [1.54, 1.807) is 0 Å². The van der Waals surface area contributed by atoms with Crippen molar-refractivity contribution in [3.63, 3.8) is 0 Å². The fraction of sp³-hybridized carbons (Fsp3) is 0.222. The minimum atomic E-state index is -2.66. The molecule has 0 aliphatic rings. The summed E-state index contributed by atoms with van der Waals surface area (Å²) in [4.78, 5) is 18.8. The average molecular weight is 226 g/mol. The topological polar surface area (TPSA) is 52.7 Å². The van der Waals surface area contributed by atoms with Crippen LogP contribution in [-0.2, 0) is 6.54 Å². The van der Waals surface area contributed by atoms with E-state index in [1.807, 2.05) is 0 Å². The summed E-state index contributed by atoms with van der Waals surface area (Å²) in [6.07, 6.45) is 5.07. The van der Waals surface area contributed by atoms with E-state index >= 15 is 0 Å². The van der Waals surface area contributed by atoms with E-state index in [0.29, 0.717) is 4.57 Å². The molecule has 84 valence electrons. The van der Waals surface area contributed by atoms with Crippen LogP contribution < -0.4 is 5.56 Å². The molecule has 16 heavy (non-hydrogen) atoms. The highest BCUT2D eigenvalue weighted by molar-refractivity contribution is 4.95. The molecule has 0 aliphatic heterocycles. The predicted octanol–water partition coefficient (Wildman–Crippen LogP) is 0.883. The molecule has 0 aromatic carbocycles. The third kappa shape index (κ3) is 1.97. The Morgan fingerprint density at radius 3 is 2.88 bits per heavy atom. The monoisotopic (exact) mass is 226 g/mol. The molecule has 0 amide bonds. The van der Waals surface area contributed by atoms with Crippen molar-refractivity contribution in [2.75, 3.05) is 0 Å². The van der Waals surface area contributed by atoms with Gasteiger partial charge in [0.25, 0.3) is 5.56 Å². The molecule has 2 aromatic heterocycles. The quantitative estimate of drug-likeness (QED) is 0.780. The number of nitrogens with zero attached hydrogens (tertiary/aromatic N) is 4. The summed E-state index contributed by atoms with van der Waals surface area (Å²) < 4.78 is 26.9. The maximum absolute atomic E-state index is 12.5. The Morgan fingerprint density at radius 1 is 1.38 bits per heavy atom. The van der Waals surface area contributed by atoms with Crippen LogP contribution in [-0.4, -0.2) is 19.1 Å². The summed E-state index contributed by atoms with van der Waals surface area (Å²) in [6, 6.07) is 1.26. The first-order chi connectivity index (χ1) is 7.68. The third-order valence-electron chi connectivity index (χ3n) is 2.06. The van der Waals surface area contributed by atoms with E-state index in [-0.39, 0.29) is 17.9 Å². The number of hydrogen-bond acceptors (Lipinski definition) is 3. The number of aromatic nitrogens is 4. The van der Waals surface area contributed by atoms with Gasteiger partial charge >= 0.3 is 6.55 Å². The lowest BCUT2D eigenvalue weighted by atomic mass is 10.5. The standard InChI is InChI=1S/C9H8F2N4O/c10-9(11)15-4-3-13-7(15)5-14-6-12-2-1-8(14)16/h1-4,6,9H,5H2. The van der Waals surface area contributed by atoms with Gasteiger partial charge in [-0.25, -0.2) is 9.97 Å². The maximum Gasteiger partial charge on any atom is 0.319 e. The SMILES string of the molecule is O=c1ccncn1Cc1nccn1C(F)F. The van der Waals surface area contributed by atoms with Crippen molar-refractivity contribution in [1.29, 1.82) is 0 Å². The van der Waals surface area contributed by atoms with Crippen LogP contribution >= 0.6 is 0 Å². The normalized spacial score (nSPS) is 10.9. The highest BCUT2D eigenvalue weighted by Crippen LogP contribution is 2.12. The van der Waals surface area contributed by atoms with E-state index < -0.39 is 6.55 Å². The molecule has 0 bridgehead atoms. The second-order valence-electron chi connectivity index (χ2n) is 3.07. The molecule has 0 spiro atoms. The first-order valence-corrected chi connectivity index (χ1v) is 4.49. The van der Waals surface area contributed by atoms with Gasteiger partial charge in [-0.15, -0.1) is 0 Å². The zero-order chi connectivity index (χ0) is 11.5. The first kappa shape index (κ1) is 10.5. The second-order valence-corrected chi connectivity index (χ2v) is 3.07. The van der Waals surface area contributed by atoms with Crippen molar-refractivity contribution < 1.29 is 8.78 Å². The van der Waals surface area contributed by atoms with Crippen molar-refractivity contribution in [2.45, 2.75) is 13.1 Å². The van der Waals surface area contributed by atoms with Crippen molar-refractivity contribution in [3.05, 3.63) is 47.2 Å². The van der Waals surface area contributed by atoms with E-state index in [1.165, 1.54) is 35.6 Å². The fourth-order valence-electron chi connectivity index (χ4n) is 1.29. The number of hydrogen-bond donors (Lipinski definition) is 0. The third-order valence-corrected chi connectivity index (χ3v) is 2.06. The summed E-state index contributed by atoms with van der Waals surface area (Å²) in [5.41, 5.74) is -0.307. The molecule has 7 heteroatoms. The molecule has 2 aromatic rings. The van der Waals surface area contributed by atoms with Crippen LogP contribution in [0, 0.1) is 0 Å². The number of rotatable bonds is 3. The van der Waals surface area contributed by atoms with Crippen LogP contribution in [0.4, 0.5) is 8.78 Å². The Morgan fingerprint density at radius 2 is 2.19 bits per heavy atom. The Labute approximate surface area is 89.0 Å². The first-order valence-electron chi connectivity index (χ1n) is 4.49. The van der Waals surface area contributed by atoms with E-state index in [4.69, 9.17) is 0 Å². The number of halogens is 2. The van der Waals surface area contributed by atoms with Gasteiger partial charge in [0.2, 0.25) is 0 Å². The van der Waals surface area contributed by atoms with Crippen molar-refractivity contribution in [2.24, 2.45) is 0 Å². The van der Waals surface area contributed by atoms with Crippen LogP contribution in [0.25, 0.3) is 0 Å². The lowest BCUT2D eigenvalue weighted by molar-refractivity contribution is 0.0666. The molecule has 2 heterocycles. The lowest BCUT2D eigenvalue weighted by Gasteiger charge is -2.07. The minimum Gasteiger partial charge on any atom is -0.292 e. The highest BCUT2D eigenvalue weighted by atomic mass is 19.3. The summed E-state index contributed by atoms with van der Waals surface area (Å²) in [5.74, 6) is 0.116. The summed E-state index contributed by atoms with van der Waals surface area (Å²) in [6.45, 7) is -2.69. The van der Waals surface area contributed by atoms with Crippen LogP contribution in [0.3, 0.4) is 0 Å². The van der Waals surface area contributed by atoms with Crippen molar-refractivity contribution in [3.8, 4) is 0 Å². The van der Waals surface area contributed by atoms with Crippen LogP contribution in [0.1, 0.15) is 12.4 Å². The van der Waals surface area contributed by atoms with Gasteiger partial charge in [0.05, 0.1) is 12.9 Å². The molecular formula is C9H8F2N4O. The fourth-order valence-corrected chi connectivity index (χ4v) is 1.29. The van der Waals surface area contributed by atoms with Gasteiger partial charge in [0.1, 0.15) is 5.82 Å². The maximum atomic E-state index is 12.5. The molecular weight excluding hydrogens is 218 g/mol. The molecule has 0 radical (unpaired) electrons. The van der Waals surface area contributed by atoms with Crippen molar-refractivity contribution in [1.82, 2.24) is 19.1 Å². The lowest BCUT2D eigenvalue weighted by Crippen LogP contribution is -2.21. The molecule has 0 unspecified atom stereocenters. The molecule has 0 aliphatic carbocycles. The van der Waals surface area contributed by atoms with Crippen LogP contribution in [0.15, 0.2) is 35.8 Å². The predicted molar refractivity (Wildman–Crippen MR) is 51.1 cm³/mol. The van der Waals surface area contributed by atoms with Gasteiger partial charge in [-0.2, -0.15) is 8.78 Å². The Hall–Kier alpha value is -2.05. The van der Waals surface area contributed by atoms with Gasteiger partial charge in [-0.3, -0.25) is 13.9 Å². The summed E-state index contributed by atoms with van der Waals surface area (Å²) in [7, 11) is 0. The minimum absolute atomic E-state index is 0.0238. The molecule has 5 nitrogen and oxygen atoms in total. The van der Waals surface area contributed by atoms with Gasteiger partial charge in [0.15, 0.2) is 0 Å². The Balaban J connectivity index is 2.31. The smallest absolute Gasteiger partial charge is 0.292 e. The molecule has 0 saturated carbocycles. The van der Waals surface area contributed by atoms with E-state index in [0.717, 1.165) is 0 Å². The molecule has 0 atom stereocenters. The Kier molecular flexibility index (Phi) is 2.76. The Bertz CT molecular complexity index is 534. The molecule has 0 N–H and O–H groups in total. The van der Waals surface area contributed by atoms with Gasteiger partial charge in [-0.1, -0.05) is 0 Å². The molecule has 0 fully saturated rings. The summed E-state index contributed by atoms with van der Waals surface area (Å²) >= 11 is 0. The molecule has 0 saturated heterocycles. The summed E-state index contributed by atoms with van der Waals surface area (Å²) in [5, 5.41) is 0. The molecule has 2 rings (SSSR count). The van der Waals surface area contributed by atoms with Gasteiger partial charge in [0, 0.05) is 24.7 Å². The largest absolute Gasteiger partial charge is 0.319 e. The van der Waals surface area contributed by atoms with Gasteiger partial charge in [-0.05, 0) is 0 Å². The van der Waals surface area contributed by atoms with Crippen LogP contribution in [0.2, 0.25) is 0 Å². The second kappa shape index (κ2) is 4.21. The van der Waals surface area contributed by atoms with E-state index in [2.05, 4.69) is 9.97 Å². The van der Waals surface area contributed by atoms with Crippen molar-refractivity contribution >= 4 is 0 Å².